The number of epoxide rings is 1. The van der Waals surface area contributed by atoms with Crippen LogP contribution in [-0.2, 0) is 28.4 Å². The third-order valence-electron chi connectivity index (χ3n) is 4.63. The van der Waals surface area contributed by atoms with E-state index in [1.165, 1.54) is 0 Å². The van der Waals surface area contributed by atoms with Crippen LogP contribution in [0.5, 0.6) is 0 Å². The Bertz CT molecular complexity index is 557. The zero-order chi connectivity index (χ0) is 16.0. The van der Waals surface area contributed by atoms with Gasteiger partial charge in [0.25, 0.3) is 0 Å². The quantitative estimate of drug-likeness (QED) is 0.617. The molecule has 1 aromatic rings. The van der Waals surface area contributed by atoms with Gasteiger partial charge in [-0.05, 0) is 0 Å². The molecule has 0 N–H and O–H groups in total. The summed E-state index contributed by atoms with van der Waals surface area (Å²) in [6, 6.07) is 9.75. The fourth-order valence-electron chi connectivity index (χ4n) is 3.45. The van der Waals surface area contributed by atoms with Gasteiger partial charge in [-0.25, -0.2) is 0 Å². The predicted molar refractivity (Wildman–Crippen MR) is 79.9 cm³/mol. The molecule has 0 saturated carbocycles. The minimum atomic E-state index is -0.781. The average molecular weight is 343 g/mol. The lowest BCUT2D eigenvalue weighted by Crippen LogP contribution is -2.65. The summed E-state index contributed by atoms with van der Waals surface area (Å²) in [4.78, 5) is 0. The molecule has 4 rings (SSSR count). The molecular weight excluding hydrogens is 324 g/mol. The molecule has 3 heterocycles. The van der Waals surface area contributed by atoms with Crippen LogP contribution in [0.3, 0.4) is 0 Å². The molecule has 3 fully saturated rings. The Kier molecular flexibility index (Phi) is 4.09. The summed E-state index contributed by atoms with van der Waals surface area (Å²) in [6.45, 7) is 0.370. The van der Waals surface area contributed by atoms with Gasteiger partial charge in [0.2, 0.25) is 0 Å². The van der Waals surface area contributed by atoms with Crippen LogP contribution in [0.1, 0.15) is 11.9 Å². The van der Waals surface area contributed by atoms with E-state index in [1.54, 1.807) is 14.2 Å². The highest BCUT2D eigenvalue weighted by Gasteiger charge is 2.74. The minimum absolute atomic E-state index is 0.324. The van der Waals surface area contributed by atoms with Crippen LogP contribution >= 0.6 is 11.6 Å². The summed E-state index contributed by atoms with van der Waals surface area (Å²) in [5.41, 5.74) is -0.344. The van der Waals surface area contributed by atoms with Crippen LogP contribution in [0, 0.1) is 0 Å². The second-order valence-electron chi connectivity index (χ2n) is 5.86. The van der Waals surface area contributed by atoms with Crippen molar-refractivity contribution in [2.75, 3.05) is 20.8 Å². The molecule has 126 valence electrons. The third-order valence-corrected chi connectivity index (χ3v) is 5.06. The summed E-state index contributed by atoms with van der Waals surface area (Å²) in [5, 5.41) is 0. The number of rotatable bonds is 3. The van der Waals surface area contributed by atoms with Crippen molar-refractivity contribution in [2.24, 2.45) is 0 Å². The maximum atomic E-state index is 6.30. The van der Waals surface area contributed by atoms with Crippen molar-refractivity contribution < 1.29 is 28.4 Å². The number of halogens is 1. The molecule has 3 aliphatic rings. The van der Waals surface area contributed by atoms with Gasteiger partial charge >= 0.3 is 0 Å². The summed E-state index contributed by atoms with van der Waals surface area (Å²) in [6.07, 6.45) is -2.24. The van der Waals surface area contributed by atoms with Gasteiger partial charge in [0.15, 0.2) is 23.7 Å². The Morgan fingerprint density at radius 1 is 1.13 bits per heavy atom. The molecule has 3 aliphatic heterocycles. The molecule has 23 heavy (non-hydrogen) atoms. The number of fused-ring (bicyclic) bond motifs is 2. The van der Waals surface area contributed by atoms with E-state index >= 15 is 0 Å². The Morgan fingerprint density at radius 3 is 2.48 bits per heavy atom. The van der Waals surface area contributed by atoms with Crippen molar-refractivity contribution in [3.63, 3.8) is 0 Å². The van der Waals surface area contributed by atoms with Gasteiger partial charge in [-0.1, -0.05) is 41.9 Å². The molecule has 3 saturated heterocycles. The summed E-state index contributed by atoms with van der Waals surface area (Å²) in [5.74, 6) is 0. The molecule has 0 aliphatic carbocycles. The van der Waals surface area contributed by atoms with Crippen LogP contribution < -0.4 is 0 Å². The van der Waals surface area contributed by atoms with Crippen LogP contribution in [-0.4, -0.2) is 56.6 Å². The van der Waals surface area contributed by atoms with Gasteiger partial charge in [-0.15, -0.1) is 0 Å². The number of alkyl halides is 1. The van der Waals surface area contributed by atoms with E-state index in [4.69, 9.17) is 40.0 Å². The van der Waals surface area contributed by atoms with E-state index in [2.05, 4.69) is 0 Å². The second kappa shape index (κ2) is 5.97. The highest BCUT2D eigenvalue weighted by molar-refractivity contribution is 6.22. The monoisotopic (exact) mass is 342 g/mol. The molecule has 0 bridgehead atoms. The van der Waals surface area contributed by atoms with E-state index in [0.29, 0.717) is 6.61 Å². The molecule has 1 spiro atoms. The van der Waals surface area contributed by atoms with Crippen LogP contribution in [0.15, 0.2) is 30.3 Å². The topological polar surface area (TPSA) is 58.7 Å². The number of benzene rings is 1. The normalized spacial score (nSPS) is 45.7. The maximum absolute atomic E-state index is 6.30. The first-order chi connectivity index (χ1) is 11.2. The SMILES string of the molecule is CO[C@H]1O[C@@H]2CO[C@@H](c3ccccc3)O[C@H]2[C@]2(OC2Cl)[C@H]1OC. The van der Waals surface area contributed by atoms with Gasteiger partial charge < -0.3 is 28.4 Å². The van der Waals surface area contributed by atoms with Crippen molar-refractivity contribution in [2.45, 2.75) is 42.1 Å². The molecule has 7 heteroatoms. The largest absolute Gasteiger partial charge is 0.373 e. The fourth-order valence-corrected chi connectivity index (χ4v) is 3.86. The van der Waals surface area contributed by atoms with Crippen LogP contribution in [0.4, 0.5) is 0 Å². The minimum Gasteiger partial charge on any atom is -0.373 e. The van der Waals surface area contributed by atoms with Gasteiger partial charge in [0, 0.05) is 19.8 Å². The fraction of sp³-hybridized carbons (Fsp3) is 0.625. The summed E-state index contributed by atoms with van der Waals surface area (Å²) in [7, 11) is 3.15. The standard InChI is InChI=1S/C16H19ClO6/c1-18-12-14(19-2)21-10-8-20-13(9-6-4-3-5-7-9)22-11(10)16(12)15(17)23-16/h3-7,10-15H,8H2,1-2H3/t10-,11-,12+,13-,14+,15?,16+/m1/s1. The molecular formula is C16H19ClO6. The van der Waals surface area contributed by atoms with E-state index in [-0.39, 0.29) is 12.2 Å². The first kappa shape index (κ1) is 15.8. The van der Waals surface area contributed by atoms with Crippen molar-refractivity contribution in [1.82, 2.24) is 0 Å². The zero-order valence-corrected chi connectivity index (χ0v) is 13.6. The van der Waals surface area contributed by atoms with E-state index < -0.39 is 29.8 Å². The highest BCUT2D eigenvalue weighted by Crippen LogP contribution is 2.54. The Hall–Kier alpha value is -0.730. The number of ether oxygens (including phenoxy) is 6. The summed E-state index contributed by atoms with van der Waals surface area (Å²) >= 11 is 6.30. The molecule has 0 aromatic heterocycles. The van der Waals surface area contributed by atoms with E-state index in [1.807, 2.05) is 30.3 Å². The first-order valence-corrected chi connectivity index (χ1v) is 7.99. The maximum Gasteiger partial charge on any atom is 0.187 e. The van der Waals surface area contributed by atoms with Crippen molar-refractivity contribution in [3.05, 3.63) is 35.9 Å². The predicted octanol–water partition coefficient (Wildman–Crippen LogP) is 1.82. The van der Waals surface area contributed by atoms with E-state index in [9.17, 15) is 0 Å². The Morgan fingerprint density at radius 2 is 1.87 bits per heavy atom. The Labute approximate surface area is 139 Å². The molecule has 6 nitrogen and oxygen atoms in total. The lowest BCUT2D eigenvalue weighted by atomic mass is 9.88. The van der Waals surface area contributed by atoms with Crippen molar-refractivity contribution in [3.8, 4) is 0 Å². The molecule has 7 atom stereocenters. The number of methoxy groups -OCH3 is 2. The van der Waals surface area contributed by atoms with Gasteiger partial charge in [0.05, 0.1) is 6.61 Å². The van der Waals surface area contributed by atoms with E-state index in [0.717, 1.165) is 5.56 Å². The second-order valence-corrected chi connectivity index (χ2v) is 6.25. The third kappa shape index (κ3) is 2.41. The number of hydrogen-bond acceptors (Lipinski definition) is 6. The van der Waals surface area contributed by atoms with Gasteiger partial charge in [0.1, 0.15) is 18.3 Å². The summed E-state index contributed by atoms with van der Waals surface area (Å²) < 4.78 is 34.6. The van der Waals surface area contributed by atoms with Crippen molar-refractivity contribution >= 4 is 11.6 Å². The lowest BCUT2D eigenvalue weighted by Gasteiger charge is -2.47. The van der Waals surface area contributed by atoms with Gasteiger partial charge in [-0.3, -0.25) is 0 Å². The first-order valence-electron chi connectivity index (χ1n) is 7.55. The van der Waals surface area contributed by atoms with Crippen molar-refractivity contribution in [1.29, 1.82) is 0 Å². The molecule has 0 radical (unpaired) electrons. The van der Waals surface area contributed by atoms with Gasteiger partial charge in [-0.2, -0.15) is 0 Å². The average Bonchev–Trinajstić information content (AvgIpc) is 3.26. The zero-order valence-electron chi connectivity index (χ0n) is 12.9. The number of hydrogen-bond donors (Lipinski definition) is 0. The molecule has 0 amide bonds. The molecule has 1 aromatic carbocycles. The van der Waals surface area contributed by atoms with Crippen LogP contribution in [0.25, 0.3) is 0 Å². The van der Waals surface area contributed by atoms with Crippen LogP contribution in [0.2, 0.25) is 0 Å². The lowest BCUT2D eigenvalue weighted by molar-refractivity contribution is -0.354. The molecule has 1 unspecified atom stereocenters. The Balaban J connectivity index is 1.61. The highest BCUT2D eigenvalue weighted by atomic mass is 35.5. The smallest absolute Gasteiger partial charge is 0.187 e.